The van der Waals surface area contributed by atoms with Crippen LogP contribution in [0.5, 0.6) is 0 Å². The molecule has 0 bridgehead atoms. The van der Waals surface area contributed by atoms with E-state index in [1.807, 2.05) is 22.8 Å². The van der Waals surface area contributed by atoms with E-state index >= 15 is 0 Å². The highest BCUT2D eigenvalue weighted by Crippen LogP contribution is 2.38. The van der Waals surface area contributed by atoms with Crippen LogP contribution in [0.25, 0.3) is 0 Å². The third-order valence-electron chi connectivity index (χ3n) is 5.56. The van der Waals surface area contributed by atoms with Gasteiger partial charge in [0.1, 0.15) is 0 Å². The van der Waals surface area contributed by atoms with Crippen molar-refractivity contribution in [2.45, 2.75) is 63.8 Å². The zero-order chi connectivity index (χ0) is 20.9. The molecular weight excluding hydrogens is 377 g/mol. The van der Waals surface area contributed by atoms with Crippen molar-refractivity contribution >= 4 is 11.9 Å². The van der Waals surface area contributed by atoms with Gasteiger partial charge in [-0.25, -0.2) is 4.79 Å². The Bertz CT molecular complexity index is 692. The van der Waals surface area contributed by atoms with Crippen molar-refractivity contribution < 1.29 is 27.9 Å². The third-order valence-corrected chi connectivity index (χ3v) is 5.56. The number of hydrogen-bond donors (Lipinski definition) is 1. The van der Waals surface area contributed by atoms with Gasteiger partial charge in [-0.05, 0) is 39.2 Å². The van der Waals surface area contributed by atoms with Gasteiger partial charge in [0.05, 0.1) is 6.20 Å². The fourth-order valence-electron chi connectivity index (χ4n) is 3.84. The van der Waals surface area contributed by atoms with Crippen LogP contribution in [0.3, 0.4) is 0 Å². The third kappa shape index (κ3) is 5.46. The average molecular weight is 404 g/mol. The van der Waals surface area contributed by atoms with Crippen LogP contribution in [-0.4, -0.2) is 68.4 Å². The summed E-state index contributed by atoms with van der Waals surface area (Å²) in [7, 11) is 2.00. The Morgan fingerprint density at radius 1 is 1.29 bits per heavy atom. The summed E-state index contributed by atoms with van der Waals surface area (Å²) in [6.07, 6.45) is 4.27. The minimum absolute atomic E-state index is 0.138. The smallest absolute Gasteiger partial charge is 0.475 e. The molecular formula is C18H27F3N4O3. The molecule has 2 aliphatic heterocycles. The number of carbonyl (C=O) groups is 2. The highest BCUT2D eigenvalue weighted by atomic mass is 19.4. The van der Waals surface area contributed by atoms with Crippen molar-refractivity contribution in [2.24, 2.45) is 0 Å². The first-order valence-corrected chi connectivity index (χ1v) is 9.38. The van der Waals surface area contributed by atoms with E-state index in [9.17, 15) is 18.0 Å². The Labute approximate surface area is 162 Å². The molecule has 158 valence electrons. The van der Waals surface area contributed by atoms with E-state index in [0.29, 0.717) is 5.91 Å². The Kier molecular flexibility index (Phi) is 7.08. The van der Waals surface area contributed by atoms with E-state index in [1.54, 1.807) is 0 Å². The first-order valence-electron chi connectivity index (χ1n) is 9.38. The molecule has 0 aromatic carbocycles. The van der Waals surface area contributed by atoms with E-state index < -0.39 is 12.1 Å². The highest BCUT2D eigenvalue weighted by Gasteiger charge is 2.43. The molecule has 0 saturated carbocycles. The van der Waals surface area contributed by atoms with Gasteiger partial charge < -0.3 is 10.0 Å². The van der Waals surface area contributed by atoms with Gasteiger partial charge in [0, 0.05) is 50.4 Å². The molecule has 1 aromatic rings. The zero-order valence-corrected chi connectivity index (χ0v) is 16.2. The summed E-state index contributed by atoms with van der Waals surface area (Å²) < 4.78 is 33.7. The molecule has 10 heteroatoms. The molecule has 1 amide bonds. The molecule has 0 aliphatic carbocycles. The number of hydrogen-bond acceptors (Lipinski definition) is 4. The molecule has 2 aliphatic rings. The number of amides is 1. The summed E-state index contributed by atoms with van der Waals surface area (Å²) >= 11 is 0. The summed E-state index contributed by atoms with van der Waals surface area (Å²) in [5.74, 6) is -2.43. The minimum atomic E-state index is -5.08. The number of alkyl halides is 3. The lowest BCUT2D eigenvalue weighted by Crippen LogP contribution is -2.43. The SMILES string of the molecule is CCn1cc(CN2CCCC3(CCC(=O)N3C)CC2)cn1.O=C(O)C(F)(F)F. The zero-order valence-electron chi connectivity index (χ0n) is 16.2. The van der Waals surface area contributed by atoms with E-state index in [-0.39, 0.29) is 5.54 Å². The van der Waals surface area contributed by atoms with E-state index in [4.69, 9.17) is 9.90 Å². The number of aryl methyl sites for hydroxylation is 1. The maximum Gasteiger partial charge on any atom is 0.490 e. The van der Waals surface area contributed by atoms with Gasteiger partial charge in [-0.3, -0.25) is 14.4 Å². The van der Waals surface area contributed by atoms with Gasteiger partial charge in [-0.2, -0.15) is 18.3 Å². The Morgan fingerprint density at radius 2 is 1.96 bits per heavy atom. The Balaban J connectivity index is 0.000000345. The van der Waals surface area contributed by atoms with Crippen molar-refractivity contribution in [2.75, 3.05) is 20.1 Å². The standard InChI is InChI=1S/C16H26N4O.C2HF3O2/c1-3-20-13-14(11-17-20)12-19-9-4-6-16(8-10-19)7-5-15(21)18(16)2;3-2(4,5)1(6)7/h11,13H,3-10,12H2,1-2H3;(H,6,7). The number of carbonyl (C=O) groups excluding carboxylic acids is 1. The molecule has 3 rings (SSSR count). The normalized spacial score (nSPS) is 23.5. The lowest BCUT2D eigenvalue weighted by atomic mass is 9.88. The Hall–Kier alpha value is -2.10. The van der Waals surface area contributed by atoms with E-state index in [0.717, 1.165) is 51.9 Å². The van der Waals surface area contributed by atoms with Crippen molar-refractivity contribution in [3.05, 3.63) is 18.0 Å². The minimum Gasteiger partial charge on any atom is -0.475 e. The van der Waals surface area contributed by atoms with Gasteiger partial charge in [0.2, 0.25) is 5.91 Å². The van der Waals surface area contributed by atoms with Crippen LogP contribution in [0.2, 0.25) is 0 Å². The number of nitrogens with zero attached hydrogens (tertiary/aromatic N) is 4. The van der Waals surface area contributed by atoms with Crippen molar-refractivity contribution in [1.82, 2.24) is 19.6 Å². The molecule has 1 N–H and O–H groups in total. The number of aromatic nitrogens is 2. The van der Waals surface area contributed by atoms with E-state index in [2.05, 4.69) is 23.1 Å². The van der Waals surface area contributed by atoms with Crippen molar-refractivity contribution in [3.8, 4) is 0 Å². The molecule has 1 spiro atoms. The maximum absolute atomic E-state index is 11.9. The number of aliphatic carboxylic acids is 1. The van der Waals surface area contributed by atoms with Crippen molar-refractivity contribution in [3.63, 3.8) is 0 Å². The summed E-state index contributed by atoms with van der Waals surface area (Å²) in [5.41, 5.74) is 1.43. The van der Waals surface area contributed by atoms with Gasteiger partial charge >= 0.3 is 12.1 Å². The number of carboxylic acid groups (broad SMARTS) is 1. The van der Waals surface area contributed by atoms with Gasteiger partial charge in [0.15, 0.2) is 0 Å². The molecule has 7 nitrogen and oxygen atoms in total. The molecule has 1 unspecified atom stereocenters. The van der Waals surface area contributed by atoms with Gasteiger partial charge in [-0.15, -0.1) is 0 Å². The first-order chi connectivity index (χ1) is 13.1. The van der Waals surface area contributed by atoms with Gasteiger partial charge in [0.25, 0.3) is 0 Å². The maximum atomic E-state index is 11.9. The average Bonchev–Trinajstić information content (AvgIpc) is 3.11. The lowest BCUT2D eigenvalue weighted by molar-refractivity contribution is -0.192. The summed E-state index contributed by atoms with van der Waals surface area (Å²) in [5, 5.41) is 11.5. The van der Waals surface area contributed by atoms with Crippen molar-refractivity contribution in [1.29, 1.82) is 0 Å². The number of halogens is 3. The van der Waals surface area contributed by atoms with Crippen LogP contribution in [0.15, 0.2) is 12.4 Å². The predicted octanol–water partition coefficient (Wildman–Crippen LogP) is 2.51. The molecule has 1 atom stereocenters. The second kappa shape index (κ2) is 8.93. The number of likely N-dealkylation sites (tertiary alicyclic amines) is 2. The van der Waals surface area contributed by atoms with Crippen LogP contribution in [-0.2, 0) is 22.7 Å². The Morgan fingerprint density at radius 3 is 2.46 bits per heavy atom. The monoisotopic (exact) mass is 404 g/mol. The van der Waals surface area contributed by atoms with Crippen LogP contribution >= 0.6 is 0 Å². The first kappa shape index (κ1) is 22.2. The fourth-order valence-corrected chi connectivity index (χ4v) is 3.84. The quantitative estimate of drug-likeness (QED) is 0.838. The van der Waals surface area contributed by atoms with Crippen LogP contribution in [0.1, 0.15) is 44.6 Å². The van der Waals surface area contributed by atoms with Gasteiger partial charge in [-0.1, -0.05) is 0 Å². The van der Waals surface area contributed by atoms with Crippen LogP contribution < -0.4 is 0 Å². The fraction of sp³-hybridized carbons (Fsp3) is 0.722. The van der Waals surface area contributed by atoms with E-state index in [1.165, 1.54) is 12.0 Å². The highest BCUT2D eigenvalue weighted by molar-refractivity contribution is 5.79. The van der Waals surface area contributed by atoms with Crippen LogP contribution in [0, 0.1) is 0 Å². The number of rotatable bonds is 3. The molecule has 2 saturated heterocycles. The lowest BCUT2D eigenvalue weighted by Gasteiger charge is -2.35. The topological polar surface area (TPSA) is 78.7 Å². The molecule has 28 heavy (non-hydrogen) atoms. The second-order valence-electron chi connectivity index (χ2n) is 7.31. The molecule has 3 heterocycles. The molecule has 0 radical (unpaired) electrons. The number of carboxylic acids is 1. The summed E-state index contributed by atoms with van der Waals surface area (Å²) in [6, 6.07) is 0. The predicted molar refractivity (Wildman–Crippen MR) is 95.5 cm³/mol. The molecule has 2 fully saturated rings. The summed E-state index contributed by atoms with van der Waals surface area (Å²) in [6.45, 7) is 6.22. The summed E-state index contributed by atoms with van der Waals surface area (Å²) in [4.78, 5) is 25.3. The molecule has 1 aromatic heterocycles. The largest absolute Gasteiger partial charge is 0.490 e. The van der Waals surface area contributed by atoms with Crippen LogP contribution in [0.4, 0.5) is 13.2 Å². The second-order valence-corrected chi connectivity index (χ2v) is 7.31.